The van der Waals surface area contributed by atoms with Gasteiger partial charge in [0.25, 0.3) is 0 Å². The first-order valence-corrected chi connectivity index (χ1v) is 6.34. The highest BCUT2D eigenvalue weighted by Crippen LogP contribution is 2.17. The monoisotopic (exact) mass is 232 g/mol. The summed E-state index contributed by atoms with van der Waals surface area (Å²) in [6.07, 6.45) is 3.11. The summed E-state index contributed by atoms with van der Waals surface area (Å²) in [6.45, 7) is 4.22. The summed E-state index contributed by atoms with van der Waals surface area (Å²) in [6, 6.07) is 8.83. The van der Waals surface area contributed by atoms with Crippen LogP contribution in [-0.4, -0.2) is 11.9 Å². The third-order valence-corrected chi connectivity index (χ3v) is 3.38. The van der Waals surface area contributed by atoms with Gasteiger partial charge in [-0.1, -0.05) is 37.6 Å². The fraction of sp³-hybridized carbons (Fsp3) is 0.500. The average Bonchev–Trinajstić information content (AvgIpc) is 2.64. The van der Waals surface area contributed by atoms with E-state index in [4.69, 9.17) is 0 Å². The summed E-state index contributed by atoms with van der Waals surface area (Å²) in [4.78, 5) is 11.6. The lowest BCUT2D eigenvalue weighted by Gasteiger charge is -2.11. The molecule has 1 amide bonds. The van der Waals surface area contributed by atoms with Crippen LogP contribution < -0.4 is 10.9 Å². The van der Waals surface area contributed by atoms with Crippen molar-refractivity contribution in [2.75, 3.05) is 0 Å². The van der Waals surface area contributed by atoms with Crippen LogP contribution in [0.5, 0.6) is 0 Å². The minimum absolute atomic E-state index is 0.0482. The lowest BCUT2D eigenvalue weighted by molar-refractivity contribution is -0.122. The molecule has 0 bridgehead atoms. The van der Waals surface area contributed by atoms with E-state index in [0.29, 0.717) is 0 Å². The lowest BCUT2D eigenvalue weighted by Crippen LogP contribution is -2.29. The van der Waals surface area contributed by atoms with Gasteiger partial charge in [-0.3, -0.25) is 10.2 Å². The first kappa shape index (κ1) is 12.1. The number of benzene rings is 1. The quantitative estimate of drug-likeness (QED) is 0.831. The van der Waals surface area contributed by atoms with Gasteiger partial charge in [0.2, 0.25) is 5.91 Å². The number of aryl methyl sites for hydroxylation is 1. The maximum absolute atomic E-state index is 11.6. The molecule has 92 valence electrons. The second-order valence-electron chi connectivity index (χ2n) is 4.80. The maximum atomic E-state index is 11.6. The Bertz CT molecular complexity index is 386. The van der Waals surface area contributed by atoms with Crippen LogP contribution in [0.2, 0.25) is 0 Å². The molecule has 2 N–H and O–H groups in total. The van der Waals surface area contributed by atoms with Gasteiger partial charge in [-0.2, -0.15) is 0 Å². The minimum Gasteiger partial charge on any atom is -0.291 e. The molecule has 3 heteroatoms. The minimum atomic E-state index is 0.0482. The first-order chi connectivity index (χ1) is 8.20. The smallest absolute Gasteiger partial charge is 0.239 e. The molecule has 0 saturated carbocycles. The number of hydrogen-bond donors (Lipinski definition) is 2. The molecule has 1 aromatic carbocycles. The highest BCUT2D eigenvalue weighted by atomic mass is 16.2. The molecule has 1 aromatic rings. The van der Waals surface area contributed by atoms with Crippen molar-refractivity contribution in [3.8, 4) is 0 Å². The predicted octanol–water partition coefficient (Wildman–Crippen LogP) is 1.82. The van der Waals surface area contributed by atoms with E-state index in [0.717, 1.165) is 12.8 Å². The molecule has 2 rings (SSSR count). The highest BCUT2D eigenvalue weighted by molar-refractivity contribution is 5.81. The predicted molar refractivity (Wildman–Crippen MR) is 68.4 cm³/mol. The molecular weight excluding hydrogens is 212 g/mol. The molecule has 1 fully saturated rings. The third kappa shape index (κ3) is 2.86. The molecular formula is C14H20N2O. The molecule has 2 unspecified atom stereocenters. The van der Waals surface area contributed by atoms with Gasteiger partial charge in [-0.15, -0.1) is 0 Å². The van der Waals surface area contributed by atoms with Crippen molar-refractivity contribution in [3.05, 3.63) is 35.4 Å². The van der Waals surface area contributed by atoms with Gasteiger partial charge in [0.1, 0.15) is 0 Å². The standard InChI is InChI=1S/C14H20N2O/c1-3-4-11-5-7-12(8-6-11)9-13-10(2)15-16-14(13)17/h5-8,10,13,15H,3-4,9H2,1-2H3,(H,16,17). The van der Waals surface area contributed by atoms with Gasteiger partial charge >= 0.3 is 0 Å². The summed E-state index contributed by atoms with van der Waals surface area (Å²) < 4.78 is 0. The second kappa shape index (κ2) is 5.32. The molecule has 2 atom stereocenters. The summed E-state index contributed by atoms with van der Waals surface area (Å²) in [7, 11) is 0. The van der Waals surface area contributed by atoms with Crippen molar-refractivity contribution in [3.63, 3.8) is 0 Å². The van der Waals surface area contributed by atoms with Crippen LogP contribution in [0.1, 0.15) is 31.4 Å². The van der Waals surface area contributed by atoms with E-state index in [9.17, 15) is 4.79 Å². The number of rotatable bonds is 4. The Balaban J connectivity index is 2.01. The zero-order valence-electron chi connectivity index (χ0n) is 10.5. The Morgan fingerprint density at radius 3 is 2.35 bits per heavy atom. The first-order valence-electron chi connectivity index (χ1n) is 6.34. The van der Waals surface area contributed by atoms with Crippen molar-refractivity contribution in [2.24, 2.45) is 5.92 Å². The van der Waals surface area contributed by atoms with E-state index < -0.39 is 0 Å². The molecule has 17 heavy (non-hydrogen) atoms. The molecule has 0 spiro atoms. The molecule has 1 heterocycles. The number of carbonyl (C=O) groups excluding carboxylic acids is 1. The Kier molecular flexibility index (Phi) is 3.79. The van der Waals surface area contributed by atoms with Crippen LogP contribution in [0.4, 0.5) is 0 Å². The van der Waals surface area contributed by atoms with E-state index >= 15 is 0 Å². The van der Waals surface area contributed by atoms with Crippen molar-refractivity contribution >= 4 is 5.91 Å². The Morgan fingerprint density at radius 2 is 1.82 bits per heavy atom. The fourth-order valence-electron chi connectivity index (χ4n) is 2.26. The van der Waals surface area contributed by atoms with Gasteiger partial charge in [0.05, 0.1) is 5.92 Å². The van der Waals surface area contributed by atoms with E-state index in [1.54, 1.807) is 0 Å². The van der Waals surface area contributed by atoms with Gasteiger partial charge in [0.15, 0.2) is 0 Å². The summed E-state index contributed by atoms with van der Waals surface area (Å²) in [5, 5.41) is 0. The average molecular weight is 232 g/mol. The van der Waals surface area contributed by atoms with Crippen LogP contribution in [0, 0.1) is 5.92 Å². The van der Waals surface area contributed by atoms with Crippen LogP contribution in [0.3, 0.4) is 0 Å². The van der Waals surface area contributed by atoms with Crippen molar-refractivity contribution < 1.29 is 4.79 Å². The molecule has 0 aromatic heterocycles. The Labute approximate surface area is 103 Å². The fourth-order valence-corrected chi connectivity index (χ4v) is 2.26. The van der Waals surface area contributed by atoms with Crippen LogP contribution in [0.25, 0.3) is 0 Å². The lowest BCUT2D eigenvalue weighted by atomic mass is 9.93. The normalized spacial score (nSPS) is 23.8. The molecule has 1 aliphatic heterocycles. The zero-order valence-corrected chi connectivity index (χ0v) is 10.5. The van der Waals surface area contributed by atoms with E-state index in [-0.39, 0.29) is 17.9 Å². The van der Waals surface area contributed by atoms with Gasteiger partial charge < -0.3 is 0 Å². The molecule has 3 nitrogen and oxygen atoms in total. The number of hydrazine groups is 1. The van der Waals surface area contributed by atoms with Crippen LogP contribution >= 0.6 is 0 Å². The zero-order chi connectivity index (χ0) is 12.3. The van der Waals surface area contributed by atoms with Gasteiger partial charge in [0, 0.05) is 6.04 Å². The highest BCUT2D eigenvalue weighted by Gasteiger charge is 2.30. The van der Waals surface area contributed by atoms with Gasteiger partial charge in [-0.25, -0.2) is 5.43 Å². The van der Waals surface area contributed by atoms with E-state index in [1.807, 2.05) is 6.92 Å². The van der Waals surface area contributed by atoms with Crippen LogP contribution in [0.15, 0.2) is 24.3 Å². The summed E-state index contributed by atoms with van der Waals surface area (Å²) in [5.74, 6) is 0.155. The maximum Gasteiger partial charge on any atom is 0.239 e. The van der Waals surface area contributed by atoms with Crippen molar-refractivity contribution in [1.82, 2.24) is 10.9 Å². The van der Waals surface area contributed by atoms with E-state index in [1.165, 1.54) is 17.5 Å². The number of amides is 1. The van der Waals surface area contributed by atoms with Crippen molar-refractivity contribution in [1.29, 1.82) is 0 Å². The SMILES string of the molecule is CCCc1ccc(CC2C(=O)NNC2C)cc1. The summed E-state index contributed by atoms with van der Waals surface area (Å²) in [5.41, 5.74) is 8.26. The van der Waals surface area contributed by atoms with Crippen molar-refractivity contribution in [2.45, 2.75) is 39.2 Å². The molecule has 1 aliphatic rings. The summed E-state index contributed by atoms with van der Waals surface area (Å²) >= 11 is 0. The van der Waals surface area contributed by atoms with Gasteiger partial charge in [-0.05, 0) is 30.9 Å². The molecule has 0 radical (unpaired) electrons. The second-order valence-corrected chi connectivity index (χ2v) is 4.80. The Hall–Kier alpha value is -1.35. The third-order valence-electron chi connectivity index (χ3n) is 3.38. The molecule has 1 saturated heterocycles. The van der Waals surface area contributed by atoms with E-state index in [2.05, 4.69) is 42.0 Å². The number of nitrogens with one attached hydrogen (secondary N) is 2. The molecule has 0 aliphatic carbocycles. The largest absolute Gasteiger partial charge is 0.291 e. The topological polar surface area (TPSA) is 41.1 Å². The Morgan fingerprint density at radius 1 is 1.18 bits per heavy atom. The number of hydrogen-bond acceptors (Lipinski definition) is 2. The van der Waals surface area contributed by atoms with Crippen LogP contribution in [-0.2, 0) is 17.6 Å². The number of carbonyl (C=O) groups is 1.